The molecule has 0 radical (unpaired) electrons. The third-order valence-electron chi connectivity index (χ3n) is 3.19. The lowest BCUT2D eigenvalue weighted by molar-refractivity contribution is 0.405. The van der Waals surface area contributed by atoms with Crippen LogP contribution in [0.25, 0.3) is 0 Å². The van der Waals surface area contributed by atoms with Gasteiger partial charge in [0, 0.05) is 11.1 Å². The zero-order valence-corrected chi connectivity index (χ0v) is 10.8. The second-order valence-electron chi connectivity index (χ2n) is 4.23. The maximum atomic E-state index is 13.3. The van der Waals surface area contributed by atoms with Gasteiger partial charge in [0.2, 0.25) is 0 Å². The van der Waals surface area contributed by atoms with Crippen molar-refractivity contribution in [1.29, 1.82) is 0 Å². The van der Waals surface area contributed by atoms with Gasteiger partial charge in [-0.2, -0.15) is 0 Å². The molecule has 1 aromatic carbocycles. The minimum Gasteiger partial charge on any atom is -0.324 e. The summed E-state index contributed by atoms with van der Waals surface area (Å²) in [4.78, 5) is 0. The molecule has 0 fully saturated rings. The van der Waals surface area contributed by atoms with Crippen molar-refractivity contribution in [2.24, 2.45) is 11.7 Å². The second-order valence-corrected chi connectivity index (χ2v) is 4.63. The number of halogens is 2. The summed E-state index contributed by atoms with van der Waals surface area (Å²) < 4.78 is 13.3. The van der Waals surface area contributed by atoms with E-state index in [4.69, 9.17) is 17.3 Å². The molecule has 16 heavy (non-hydrogen) atoms. The number of rotatable bonds is 4. The van der Waals surface area contributed by atoms with Crippen molar-refractivity contribution < 1.29 is 4.39 Å². The highest BCUT2D eigenvalue weighted by Gasteiger charge is 2.19. The quantitative estimate of drug-likeness (QED) is 0.842. The van der Waals surface area contributed by atoms with Gasteiger partial charge in [-0.15, -0.1) is 0 Å². The van der Waals surface area contributed by atoms with Crippen molar-refractivity contribution in [2.75, 3.05) is 0 Å². The summed E-state index contributed by atoms with van der Waals surface area (Å²) in [5.41, 5.74) is 7.63. The Morgan fingerprint density at radius 3 is 2.38 bits per heavy atom. The molecular formula is C13H19ClFN. The van der Waals surface area contributed by atoms with Gasteiger partial charge < -0.3 is 5.73 Å². The Hall–Kier alpha value is -0.600. The summed E-state index contributed by atoms with van der Waals surface area (Å²) >= 11 is 6.03. The number of hydrogen-bond donors (Lipinski definition) is 1. The van der Waals surface area contributed by atoms with Crippen molar-refractivity contribution in [2.45, 2.75) is 39.7 Å². The van der Waals surface area contributed by atoms with Crippen LogP contribution in [-0.4, -0.2) is 0 Å². The molecule has 0 spiro atoms. The molecule has 1 atom stereocenters. The summed E-state index contributed by atoms with van der Waals surface area (Å²) in [6.07, 6.45) is 2.01. The van der Waals surface area contributed by atoms with Gasteiger partial charge in [-0.25, -0.2) is 4.39 Å². The van der Waals surface area contributed by atoms with Gasteiger partial charge in [0.1, 0.15) is 5.82 Å². The van der Waals surface area contributed by atoms with Crippen LogP contribution in [0, 0.1) is 18.7 Å². The molecular weight excluding hydrogens is 225 g/mol. The summed E-state index contributed by atoms with van der Waals surface area (Å²) in [6, 6.07) is 3.01. The largest absolute Gasteiger partial charge is 0.324 e. The minimum absolute atomic E-state index is 0.109. The van der Waals surface area contributed by atoms with Crippen LogP contribution in [0.2, 0.25) is 5.02 Å². The van der Waals surface area contributed by atoms with Crippen LogP contribution in [0.4, 0.5) is 4.39 Å². The molecule has 0 bridgehead atoms. The van der Waals surface area contributed by atoms with E-state index in [2.05, 4.69) is 13.8 Å². The van der Waals surface area contributed by atoms with Gasteiger partial charge in [-0.1, -0.05) is 44.4 Å². The second kappa shape index (κ2) is 5.65. The third kappa shape index (κ3) is 2.74. The van der Waals surface area contributed by atoms with Crippen LogP contribution in [0.15, 0.2) is 12.1 Å². The first-order valence-corrected chi connectivity index (χ1v) is 6.10. The van der Waals surface area contributed by atoms with E-state index in [1.807, 2.05) is 0 Å². The molecule has 0 aliphatic heterocycles. The van der Waals surface area contributed by atoms with Crippen molar-refractivity contribution in [3.63, 3.8) is 0 Å². The number of benzene rings is 1. The topological polar surface area (TPSA) is 26.0 Å². The average molecular weight is 244 g/mol. The molecule has 1 aromatic rings. The van der Waals surface area contributed by atoms with E-state index in [0.717, 1.165) is 18.4 Å². The molecule has 0 aliphatic carbocycles. The SMILES string of the molecule is CCC(CC)C(N)c1cc(C)c(F)cc1Cl. The first kappa shape index (κ1) is 13.5. The van der Waals surface area contributed by atoms with Crippen molar-refractivity contribution in [1.82, 2.24) is 0 Å². The highest BCUT2D eigenvalue weighted by molar-refractivity contribution is 6.31. The molecule has 0 aromatic heterocycles. The highest BCUT2D eigenvalue weighted by atomic mass is 35.5. The zero-order chi connectivity index (χ0) is 12.3. The number of hydrogen-bond acceptors (Lipinski definition) is 1. The standard InChI is InChI=1S/C13H19ClFN/c1-4-9(5-2)13(16)10-6-8(3)12(15)7-11(10)14/h6-7,9,13H,4-5,16H2,1-3H3. The molecule has 0 amide bonds. The molecule has 1 unspecified atom stereocenters. The summed E-state index contributed by atoms with van der Waals surface area (Å²) in [5, 5.41) is 0.433. The maximum Gasteiger partial charge on any atom is 0.127 e. The van der Waals surface area contributed by atoms with E-state index < -0.39 is 0 Å². The Kier molecular flexibility index (Phi) is 4.75. The predicted molar refractivity (Wildman–Crippen MR) is 67.1 cm³/mol. The van der Waals surface area contributed by atoms with Crippen LogP contribution in [0.1, 0.15) is 43.9 Å². The monoisotopic (exact) mass is 243 g/mol. The molecule has 90 valence electrons. The molecule has 1 rings (SSSR count). The van der Waals surface area contributed by atoms with Gasteiger partial charge in [0.25, 0.3) is 0 Å². The molecule has 0 aliphatic rings. The molecule has 0 saturated carbocycles. The van der Waals surface area contributed by atoms with Crippen molar-refractivity contribution in [3.05, 3.63) is 34.1 Å². The fraction of sp³-hybridized carbons (Fsp3) is 0.538. The van der Waals surface area contributed by atoms with Crippen LogP contribution < -0.4 is 5.73 Å². The normalized spacial score (nSPS) is 13.2. The van der Waals surface area contributed by atoms with Gasteiger partial charge in [-0.05, 0) is 30.0 Å². The molecule has 0 saturated heterocycles. The number of nitrogens with two attached hydrogens (primary N) is 1. The maximum absolute atomic E-state index is 13.3. The van der Waals surface area contributed by atoms with E-state index in [9.17, 15) is 4.39 Å². The average Bonchev–Trinajstić information content (AvgIpc) is 2.25. The van der Waals surface area contributed by atoms with Crippen LogP contribution in [0.5, 0.6) is 0 Å². The first-order valence-electron chi connectivity index (χ1n) is 5.72. The van der Waals surface area contributed by atoms with Gasteiger partial charge in [-0.3, -0.25) is 0 Å². The Labute approximate surface area is 102 Å². The Morgan fingerprint density at radius 2 is 1.88 bits per heavy atom. The Bertz CT molecular complexity index is 361. The predicted octanol–water partition coefficient (Wildman–Crippen LogP) is 4.22. The van der Waals surface area contributed by atoms with Crippen molar-refractivity contribution >= 4 is 11.6 Å². The lowest BCUT2D eigenvalue weighted by Gasteiger charge is -2.23. The van der Waals surface area contributed by atoms with Crippen LogP contribution in [0.3, 0.4) is 0 Å². The van der Waals surface area contributed by atoms with Crippen molar-refractivity contribution in [3.8, 4) is 0 Å². The molecule has 2 N–H and O–H groups in total. The molecule has 3 heteroatoms. The summed E-state index contributed by atoms with van der Waals surface area (Å²) in [5.74, 6) is 0.118. The lowest BCUT2D eigenvalue weighted by atomic mass is 9.89. The van der Waals surface area contributed by atoms with E-state index >= 15 is 0 Å². The van der Waals surface area contributed by atoms with Gasteiger partial charge in [0.05, 0.1) is 0 Å². The molecule has 1 nitrogen and oxygen atoms in total. The highest BCUT2D eigenvalue weighted by Crippen LogP contribution is 2.31. The summed E-state index contributed by atoms with van der Waals surface area (Å²) in [6.45, 7) is 5.95. The van der Waals surface area contributed by atoms with E-state index in [1.54, 1.807) is 13.0 Å². The fourth-order valence-corrected chi connectivity index (χ4v) is 2.26. The lowest BCUT2D eigenvalue weighted by Crippen LogP contribution is -2.21. The van der Waals surface area contributed by atoms with Crippen LogP contribution >= 0.6 is 11.6 Å². The van der Waals surface area contributed by atoms with E-state index in [-0.39, 0.29) is 11.9 Å². The van der Waals surface area contributed by atoms with Gasteiger partial charge in [0.15, 0.2) is 0 Å². The number of aryl methyl sites for hydroxylation is 1. The van der Waals surface area contributed by atoms with Gasteiger partial charge >= 0.3 is 0 Å². The van der Waals surface area contributed by atoms with E-state index in [0.29, 0.717) is 16.5 Å². The summed E-state index contributed by atoms with van der Waals surface area (Å²) in [7, 11) is 0. The smallest absolute Gasteiger partial charge is 0.127 e. The Morgan fingerprint density at radius 1 is 1.31 bits per heavy atom. The zero-order valence-electron chi connectivity index (χ0n) is 10.1. The van der Waals surface area contributed by atoms with Crippen LogP contribution in [-0.2, 0) is 0 Å². The van der Waals surface area contributed by atoms with E-state index in [1.165, 1.54) is 6.07 Å². The fourth-order valence-electron chi connectivity index (χ4n) is 1.99. The Balaban J connectivity index is 3.07. The third-order valence-corrected chi connectivity index (χ3v) is 3.52. The molecule has 0 heterocycles. The first-order chi connectivity index (χ1) is 7.51. The minimum atomic E-state index is -0.273.